The van der Waals surface area contributed by atoms with E-state index in [1.807, 2.05) is 0 Å². The Labute approximate surface area is 93.2 Å². The van der Waals surface area contributed by atoms with Crippen molar-refractivity contribution in [3.63, 3.8) is 0 Å². The highest BCUT2D eigenvalue weighted by molar-refractivity contribution is 5.55. The van der Waals surface area contributed by atoms with Gasteiger partial charge in [0, 0.05) is 30.1 Å². The molecule has 2 aromatic rings. The molecule has 2 N–H and O–H groups in total. The maximum Gasteiger partial charge on any atom is 0.159 e. The highest BCUT2D eigenvalue weighted by atomic mass is 19.1. The van der Waals surface area contributed by atoms with E-state index in [4.69, 9.17) is 5.73 Å². The molecule has 3 nitrogen and oxygen atoms in total. The fourth-order valence-electron chi connectivity index (χ4n) is 1.34. The van der Waals surface area contributed by atoms with Gasteiger partial charge >= 0.3 is 0 Å². The average molecular weight is 217 g/mol. The van der Waals surface area contributed by atoms with Crippen LogP contribution in [-0.2, 0) is 6.54 Å². The lowest BCUT2D eigenvalue weighted by atomic mass is 10.1. The molecule has 2 rings (SSSR count). The van der Waals surface area contributed by atoms with Crippen molar-refractivity contribution in [1.29, 1.82) is 0 Å². The predicted molar refractivity (Wildman–Crippen MR) is 60.1 cm³/mol. The summed E-state index contributed by atoms with van der Waals surface area (Å²) in [4.78, 5) is 8.27. The molecule has 0 radical (unpaired) electrons. The molecule has 0 saturated carbocycles. The zero-order valence-corrected chi connectivity index (χ0v) is 8.94. The van der Waals surface area contributed by atoms with E-state index < -0.39 is 0 Å². The van der Waals surface area contributed by atoms with Crippen molar-refractivity contribution in [2.45, 2.75) is 13.5 Å². The number of rotatable bonds is 2. The Hall–Kier alpha value is -1.81. The number of benzene rings is 1. The highest BCUT2D eigenvalue weighted by Crippen LogP contribution is 2.17. The van der Waals surface area contributed by atoms with Crippen LogP contribution >= 0.6 is 0 Å². The maximum atomic E-state index is 13.3. The second kappa shape index (κ2) is 4.37. The molecule has 0 atom stereocenters. The van der Waals surface area contributed by atoms with Crippen LogP contribution in [0.15, 0.2) is 30.6 Å². The minimum Gasteiger partial charge on any atom is -0.326 e. The molecule has 16 heavy (non-hydrogen) atoms. The van der Waals surface area contributed by atoms with Gasteiger partial charge in [0.1, 0.15) is 5.82 Å². The van der Waals surface area contributed by atoms with Crippen LogP contribution in [0.1, 0.15) is 11.1 Å². The van der Waals surface area contributed by atoms with E-state index >= 15 is 0 Å². The van der Waals surface area contributed by atoms with Gasteiger partial charge in [-0.25, -0.2) is 14.4 Å². The Balaban J connectivity index is 2.38. The SMILES string of the molecule is Cc1ccc(-c2ncc(CN)cn2)cc1F. The average Bonchev–Trinajstić information content (AvgIpc) is 2.33. The molecule has 82 valence electrons. The van der Waals surface area contributed by atoms with Crippen LogP contribution in [0.25, 0.3) is 11.4 Å². The van der Waals surface area contributed by atoms with Crippen molar-refractivity contribution in [3.8, 4) is 11.4 Å². The quantitative estimate of drug-likeness (QED) is 0.837. The number of nitrogens with zero attached hydrogens (tertiary/aromatic N) is 2. The zero-order chi connectivity index (χ0) is 11.5. The van der Waals surface area contributed by atoms with Gasteiger partial charge in [-0.05, 0) is 18.6 Å². The summed E-state index contributed by atoms with van der Waals surface area (Å²) in [6, 6.07) is 4.95. The van der Waals surface area contributed by atoms with Gasteiger partial charge in [-0.2, -0.15) is 0 Å². The van der Waals surface area contributed by atoms with Gasteiger partial charge in [0.2, 0.25) is 0 Å². The van der Waals surface area contributed by atoms with Crippen LogP contribution in [-0.4, -0.2) is 9.97 Å². The minimum absolute atomic E-state index is 0.246. The van der Waals surface area contributed by atoms with Crippen LogP contribution in [0, 0.1) is 12.7 Å². The Morgan fingerprint density at radius 1 is 1.25 bits per heavy atom. The Bertz CT molecular complexity index is 494. The summed E-state index contributed by atoms with van der Waals surface area (Å²) in [5.74, 6) is 0.264. The van der Waals surface area contributed by atoms with Crippen LogP contribution < -0.4 is 5.73 Å². The lowest BCUT2D eigenvalue weighted by molar-refractivity contribution is 0.619. The maximum absolute atomic E-state index is 13.3. The van der Waals surface area contributed by atoms with Crippen LogP contribution in [0.2, 0.25) is 0 Å². The van der Waals surface area contributed by atoms with Crippen molar-refractivity contribution in [1.82, 2.24) is 9.97 Å². The van der Waals surface area contributed by atoms with E-state index in [0.717, 1.165) is 5.56 Å². The van der Waals surface area contributed by atoms with Crippen molar-refractivity contribution < 1.29 is 4.39 Å². The molecule has 0 fully saturated rings. The van der Waals surface area contributed by atoms with E-state index in [0.29, 0.717) is 23.5 Å². The molecule has 0 aliphatic carbocycles. The summed E-state index contributed by atoms with van der Waals surface area (Å²) < 4.78 is 13.3. The number of hydrogen-bond donors (Lipinski definition) is 1. The van der Waals surface area contributed by atoms with Gasteiger partial charge in [0.05, 0.1) is 0 Å². The first-order valence-corrected chi connectivity index (χ1v) is 4.98. The smallest absolute Gasteiger partial charge is 0.159 e. The second-order valence-electron chi connectivity index (χ2n) is 3.58. The third-order valence-electron chi connectivity index (χ3n) is 2.37. The summed E-state index contributed by atoms with van der Waals surface area (Å²) >= 11 is 0. The normalized spacial score (nSPS) is 10.4. The largest absolute Gasteiger partial charge is 0.326 e. The summed E-state index contributed by atoms with van der Waals surface area (Å²) in [5, 5.41) is 0. The molecular formula is C12H12FN3. The summed E-state index contributed by atoms with van der Waals surface area (Å²) in [7, 11) is 0. The fraction of sp³-hybridized carbons (Fsp3) is 0.167. The first kappa shape index (κ1) is 10.7. The molecule has 0 spiro atoms. The summed E-state index contributed by atoms with van der Waals surface area (Å²) in [6.07, 6.45) is 3.31. The lowest BCUT2D eigenvalue weighted by Gasteiger charge is -2.02. The van der Waals surface area contributed by atoms with E-state index in [1.54, 1.807) is 31.5 Å². The minimum atomic E-state index is -0.246. The third-order valence-corrected chi connectivity index (χ3v) is 2.37. The molecule has 0 bridgehead atoms. The molecule has 0 aliphatic heterocycles. The molecule has 1 aromatic carbocycles. The van der Waals surface area contributed by atoms with Crippen molar-refractivity contribution in [2.75, 3.05) is 0 Å². The van der Waals surface area contributed by atoms with Gasteiger partial charge in [-0.15, -0.1) is 0 Å². The lowest BCUT2D eigenvalue weighted by Crippen LogP contribution is -1.99. The highest BCUT2D eigenvalue weighted by Gasteiger charge is 2.04. The molecule has 1 heterocycles. The monoisotopic (exact) mass is 217 g/mol. The van der Waals surface area contributed by atoms with E-state index in [9.17, 15) is 4.39 Å². The molecule has 4 heteroatoms. The van der Waals surface area contributed by atoms with Crippen molar-refractivity contribution in [3.05, 3.63) is 47.5 Å². The number of hydrogen-bond acceptors (Lipinski definition) is 3. The Morgan fingerprint density at radius 3 is 2.50 bits per heavy atom. The number of halogens is 1. The summed E-state index contributed by atoms with van der Waals surface area (Å²) in [6.45, 7) is 2.13. The Morgan fingerprint density at radius 2 is 1.94 bits per heavy atom. The Kier molecular flexibility index (Phi) is 2.92. The topological polar surface area (TPSA) is 51.8 Å². The van der Waals surface area contributed by atoms with Crippen LogP contribution in [0.5, 0.6) is 0 Å². The zero-order valence-electron chi connectivity index (χ0n) is 8.94. The second-order valence-corrected chi connectivity index (χ2v) is 3.58. The number of aryl methyl sites for hydroxylation is 1. The number of nitrogens with two attached hydrogens (primary N) is 1. The van der Waals surface area contributed by atoms with E-state index in [-0.39, 0.29) is 5.82 Å². The standard InChI is InChI=1S/C12H12FN3/c1-8-2-3-10(4-11(8)13)12-15-6-9(5-14)7-16-12/h2-4,6-7H,5,14H2,1H3. The predicted octanol–water partition coefficient (Wildman–Crippen LogP) is 2.05. The van der Waals surface area contributed by atoms with Gasteiger partial charge in [0.25, 0.3) is 0 Å². The van der Waals surface area contributed by atoms with Crippen molar-refractivity contribution in [2.24, 2.45) is 5.73 Å². The molecule has 0 amide bonds. The third kappa shape index (κ3) is 2.06. The molecule has 0 aliphatic rings. The first-order chi connectivity index (χ1) is 7.70. The van der Waals surface area contributed by atoms with Crippen molar-refractivity contribution >= 4 is 0 Å². The van der Waals surface area contributed by atoms with Gasteiger partial charge in [-0.1, -0.05) is 12.1 Å². The van der Waals surface area contributed by atoms with E-state index in [2.05, 4.69) is 9.97 Å². The van der Waals surface area contributed by atoms with Crippen LogP contribution in [0.3, 0.4) is 0 Å². The van der Waals surface area contributed by atoms with Gasteiger partial charge < -0.3 is 5.73 Å². The van der Waals surface area contributed by atoms with E-state index in [1.165, 1.54) is 6.07 Å². The molecule has 1 aromatic heterocycles. The summed E-state index contributed by atoms with van der Waals surface area (Å²) in [5.41, 5.74) is 7.59. The number of aromatic nitrogens is 2. The fourth-order valence-corrected chi connectivity index (χ4v) is 1.34. The first-order valence-electron chi connectivity index (χ1n) is 4.98. The van der Waals surface area contributed by atoms with Gasteiger partial charge in [-0.3, -0.25) is 0 Å². The molecule has 0 saturated heterocycles. The van der Waals surface area contributed by atoms with Crippen LogP contribution in [0.4, 0.5) is 4.39 Å². The molecule has 0 unspecified atom stereocenters. The molecular weight excluding hydrogens is 205 g/mol. The van der Waals surface area contributed by atoms with Gasteiger partial charge in [0.15, 0.2) is 5.82 Å².